The standard InChI is InChI=1S/C17H20F3N3O3S/c1-27-6-5-11(21)15(24)23-13(16(25)26)7-9-8-22-12-4-2-3-10(14(9)12)17(18,19)20/h2-4,8,11,13,22H,5-7,21H2,1H3,(H,23,24)(H,25,26). The summed E-state index contributed by atoms with van der Waals surface area (Å²) < 4.78 is 39.9. The van der Waals surface area contributed by atoms with E-state index in [9.17, 15) is 27.9 Å². The Kier molecular flexibility index (Phi) is 6.77. The lowest BCUT2D eigenvalue weighted by Crippen LogP contribution is -2.49. The van der Waals surface area contributed by atoms with E-state index < -0.39 is 35.7 Å². The fourth-order valence-electron chi connectivity index (χ4n) is 2.73. The molecule has 0 saturated carbocycles. The average molecular weight is 403 g/mol. The molecule has 1 heterocycles. The van der Waals surface area contributed by atoms with Crippen LogP contribution in [0.5, 0.6) is 0 Å². The number of benzene rings is 1. The number of H-pyrrole nitrogens is 1. The van der Waals surface area contributed by atoms with Gasteiger partial charge in [-0.3, -0.25) is 4.79 Å². The van der Waals surface area contributed by atoms with Crippen LogP contribution in [0.3, 0.4) is 0 Å². The van der Waals surface area contributed by atoms with Crippen LogP contribution < -0.4 is 11.1 Å². The van der Waals surface area contributed by atoms with Crippen molar-refractivity contribution in [2.45, 2.75) is 31.1 Å². The van der Waals surface area contributed by atoms with E-state index in [-0.39, 0.29) is 22.9 Å². The summed E-state index contributed by atoms with van der Waals surface area (Å²) in [6.07, 6.45) is -1.35. The van der Waals surface area contributed by atoms with Gasteiger partial charge >= 0.3 is 12.1 Å². The summed E-state index contributed by atoms with van der Waals surface area (Å²) in [6, 6.07) is 1.41. The maximum Gasteiger partial charge on any atom is 0.417 e. The van der Waals surface area contributed by atoms with E-state index >= 15 is 0 Å². The van der Waals surface area contributed by atoms with Gasteiger partial charge in [-0.25, -0.2) is 4.79 Å². The zero-order valence-corrected chi connectivity index (χ0v) is 15.3. The molecule has 27 heavy (non-hydrogen) atoms. The van der Waals surface area contributed by atoms with E-state index in [1.165, 1.54) is 30.1 Å². The first kappa shape index (κ1) is 21.1. The highest BCUT2D eigenvalue weighted by Crippen LogP contribution is 2.36. The van der Waals surface area contributed by atoms with E-state index in [2.05, 4.69) is 10.3 Å². The first-order valence-corrected chi connectivity index (χ1v) is 9.48. The molecular formula is C17H20F3N3O3S. The molecule has 0 radical (unpaired) electrons. The molecule has 5 N–H and O–H groups in total. The summed E-state index contributed by atoms with van der Waals surface area (Å²) in [5.74, 6) is -1.37. The molecular weight excluding hydrogens is 383 g/mol. The molecule has 10 heteroatoms. The Morgan fingerprint density at radius 2 is 2.07 bits per heavy atom. The number of aromatic nitrogens is 1. The van der Waals surface area contributed by atoms with Crippen LogP contribution in [0.4, 0.5) is 13.2 Å². The average Bonchev–Trinajstić information content (AvgIpc) is 3.00. The Balaban J connectivity index is 2.27. The predicted molar refractivity (Wildman–Crippen MR) is 97.5 cm³/mol. The number of carboxylic acid groups (broad SMARTS) is 1. The molecule has 6 nitrogen and oxygen atoms in total. The van der Waals surface area contributed by atoms with Gasteiger partial charge in [0.2, 0.25) is 5.91 Å². The highest BCUT2D eigenvalue weighted by Gasteiger charge is 2.34. The summed E-state index contributed by atoms with van der Waals surface area (Å²) in [6.45, 7) is 0. The summed E-state index contributed by atoms with van der Waals surface area (Å²) >= 11 is 1.49. The zero-order chi connectivity index (χ0) is 20.2. The second-order valence-electron chi connectivity index (χ2n) is 6.03. The lowest BCUT2D eigenvalue weighted by molar-refractivity contribution is -0.142. The van der Waals surface area contributed by atoms with Gasteiger partial charge in [-0.2, -0.15) is 24.9 Å². The fourth-order valence-corrected chi connectivity index (χ4v) is 3.22. The van der Waals surface area contributed by atoms with Crippen molar-refractivity contribution in [2.24, 2.45) is 5.73 Å². The molecule has 0 aliphatic heterocycles. The molecule has 0 bridgehead atoms. The van der Waals surface area contributed by atoms with Gasteiger partial charge in [-0.15, -0.1) is 0 Å². The van der Waals surface area contributed by atoms with Gasteiger partial charge in [0.25, 0.3) is 0 Å². The van der Waals surface area contributed by atoms with Gasteiger partial charge in [-0.1, -0.05) is 6.07 Å². The molecule has 0 fully saturated rings. The predicted octanol–water partition coefficient (Wildman–Crippen LogP) is 2.38. The minimum atomic E-state index is -4.58. The minimum absolute atomic E-state index is 0.0998. The number of carboxylic acids is 1. The molecule has 0 saturated heterocycles. The van der Waals surface area contributed by atoms with Crippen LogP contribution in [0, 0.1) is 0 Å². The Hall–Kier alpha value is -2.20. The summed E-state index contributed by atoms with van der Waals surface area (Å²) in [5, 5.41) is 11.6. The van der Waals surface area contributed by atoms with Gasteiger partial charge in [0, 0.05) is 23.5 Å². The van der Waals surface area contributed by atoms with Gasteiger partial charge in [0.15, 0.2) is 0 Å². The summed E-state index contributed by atoms with van der Waals surface area (Å²) in [5.41, 5.74) is 5.26. The van der Waals surface area contributed by atoms with Crippen LogP contribution in [0.2, 0.25) is 0 Å². The Morgan fingerprint density at radius 1 is 1.37 bits per heavy atom. The molecule has 1 aromatic heterocycles. The number of aliphatic carboxylic acids is 1. The van der Waals surface area contributed by atoms with Crippen LogP contribution >= 0.6 is 11.8 Å². The number of carbonyl (C=O) groups excluding carboxylic acids is 1. The third-order valence-corrected chi connectivity index (χ3v) is 4.75. The SMILES string of the molecule is CSCCC(N)C(=O)NC(Cc1c[nH]c2cccc(C(F)(F)F)c12)C(=O)O. The third kappa shape index (κ3) is 5.16. The number of fused-ring (bicyclic) bond motifs is 1. The molecule has 0 spiro atoms. The number of rotatable bonds is 8. The number of alkyl halides is 3. The Labute approximate surface area is 157 Å². The van der Waals surface area contributed by atoms with Crippen molar-refractivity contribution >= 4 is 34.5 Å². The summed E-state index contributed by atoms with van der Waals surface area (Å²) in [7, 11) is 0. The molecule has 2 atom stereocenters. The minimum Gasteiger partial charge on any atom is -0.480 e. The lowest BCUT2D eigenvalue weighted by Gasteiger charge is -2.18. The van der Waals surface area contributed by atoms with Crippen LogP contribution in [0.15, 0.2) is 24.4 Å². The first-order chi connectivity index (χ1) is 12.6. The normalized spacial score (nSPS) is 14.1. The largest absolute Gasteiger partial charge is 0.480 e. The molecule has 1 aromatic carbocycles. The number of amides is 1. The number of hydrogen-bond acceptors (Lipinski definition) is 4. The number of thioether (sulfide) groups is 1. The maximum atomic E-state index is 13.3. The van der Waals surface area contributed by atoms with Gasteiger partial charge in [-0.05, 0) is 36.1 Å². The number of nitrogens with two attached hydrogens (primary N) is 1. The van der Waals surface area contributed by atoms with Crippen LogP contribution in [0.25, 0.3) is 10.9 Å². The maximum absolute atomic E-state index is 13.3. The van der Waals surface area contributed by atoms with Crippen molar-refractivity contribution in [1.82, 2.24) is 10.3 Å². The first-order valence-electron chi connectivity index (χ1n) is 8.09. The van der Waals surface area contributed by atoms with Crippen LogP contribution in [0.1, 0.15) is 17.5 Å². The summed E-state index contributed by atoms with van der Waals surface area (Å²) in [4.78, 5) is 26.3. The van der Waals surface area contributed by atoms with E-state index in [0.29, 0.717) is 12.2 Å². The number of aromatic amines is 1. The molecule has 1 amide bonds. The number of carbonyl (C=O) groups is 2. The van der Waals surface area contributed by atoms with Crippen molar-refractivity contribution in [2.75, 3.05) is 12.0 Å². The van der Waals surface area contributed by atoms with Crippen molar-refractivity contribution in [3.05, 3.63) is 35.5 Å². The van der Waals surface area contributed by atoms with E-state index in [1.807, 2.05) is 6.26 Å². The highest BCUT2D eigenvalue weighted by atomic mass is 32.2. The molecule has 0 aliphatic rings. The molecule has 2 unspecified atom stereocenters. The van der Waals surface area contributed by atoms with Crippen molar-refractivity contribution in [1.29, 1.82) is 0 Å². The van der Waals surface area contributed by atoms with Gasteiger partial charge < -0.3 is 21.1 Å². The topological polar surface area (TPSA) is 108 Å². The van der Waals surface area contributed by atoms with E-state index in [0.717, 1.165) is 6.07 Å². The lowest BCUT2D eigenvalue weighted by atomic mass is 10.0. The highest BCUT2D eigenvalue weighted by molar-refractivity contribution is 7.98. The van der Waals surface area contributed by atoms with Gasteiger partial charge in [0.1, 0.15) is 6.04 Å². The van der Waals surface area contributed by atoms with Crippen LogP contribution in [-0.2, 0) is 22.2 Å². The quantitative estimate of drug-likeness (QED) is 0.541. The number of hydrogen-bond donors (Lipinski definition) is 4. The van der Waals surface area contributed by atoms with E-state index in [4.69, 9.17) is 5.73 Å². The van der Waals surface area contributed by atoms with Gasteiger partial charge in [0.05, 0.1) is 11.6 Å². The third-order valence-electron chi connectivity index (χ3n) is 4.10. The van der Waals surface area contributed by atoms with Crippen LogP contribution in [-0.4, -0.2) is 46.1 Å². The molecule has 2 aromatic rings. The number of nitrogens with one attached hydrogen (secondary N) is 2. The van der Waals surface area contributed by atoms with E-state index in [1.54, 1.807) is 0 Å². The van der Waals surface area contributed by atoms with Crippen molar-refractivity contribution in [3.63, 3.8) is 0 Å². The van der Waals surface area contributed by atoms with Crippen molar-refractivity contribution < 1.29 is 27.9 Å². The smallest absolute Gasteiger partial charge is 0.417 e. The Bertz CT molecular complexity index is 823. The van der Waals surface area contributed by atoms with Crippen molar-refractivity contribution in [3.8, 4) is 0 Å². The fraction of sp³-hybridized carbons (Fsp3) is 0.412. The monoisotopic (exact) mass is 403 g/mol. The zero-order valence-electron chi connectivity index (χ0n) is 14.5. The second-order valence-corrected chi connectivity index (χ2v) is 7.02. The Morgan fingerprint density at radius 3 is 2.67 bits per heavy atom. The number of halogens is 3. The molecule has 0 aliphatic carbocycles. The molecule has 2 rings (SSSR count). The second kappa shape index (κ2) is 8.66. The molecule has 148 valence electrons.